The van der Waals surface area contributed by atoms with Gasteiger partial charge in [0.05, 0.1) is 40.4 Å². The topological polar surface area (TPSA) is 204 Å². The number of anilines is 2. The largest absolute Gasteiger partial charge is 0.484 e. The number of aryl methyl sites for hydroxylation is 3. The maximum Gasteiger partial charge on any atom is 0.306 e. The number of β-amino-alcohol motifs (C(OH)–C–C–N with tert-alkyl or cyclic N) is 1. The summed E-state index contributed by atoms with van der Waals surface area (Å²) in [5.74, 6) is -0.595. The number of thiophene rings is 1. The molecule has 0 saturated carbocycles. The van der Waals surface area contributed by atoms with E-state index in [1.165, 1.54) is 4.90 Å². The van der Waals surface area contributed by atoms with Crippen molar-refractivity contribution in [3.05, 3.63) is 122 Å². The first-order valence-corrected chi connectivity index (χ1v) is 25.1. The smallest absolute Gasteiger partial charge is 0.306 e. The van der Waals surface area contributed by atoms with Crippen LogP contribution < -0.4 is 20.3 Å². The van der Waals surface area contributed by atoms with Crippen molar-refractivity contribution in [2.75, 3.05) is 24.6 Å². The highest BCUT2D eigenvalue weighted by molar-refractivity contribution is 7.15. The third-order valence-corrected chi connectivity index (χ3v) is 15.6. The van der Waals surface area contributed by atoms with Crippen LogP contribution in [-0.4, -0.2) is 102 Å². The highest BCUT2D eigenvalue weighted by atomic mass is 32.1. The van der Waals surface area contributed by atoms with Gasteiger partial charge in [0.2, 0.25) is 11.8 Å². The van der Waals surface area contributed by atoms with E-state index in [2.05, 4.69) is 56.7 Å². The van der Waals surface area contributed by atoms with Gasteiger partial charge < -0.3 is 35.4 Å². The van der Waals surface area contributed by atoms with Gasteiger partial charge in [-0.25, -0.2) is 4.98 Å². The minimum atomic E-state index is -1.00. The second-order valence-corrected chi connectivity index (χ2v) is 21.5. The number of carbonyl (C=O) groups is 4. The summed E-state index contributed by atoms with van der Waals surface area (Å²) >= 11 is 3.19. The van der Waals surface area contributed by atoms with E-state index in [9.17, 15) is 29.4 Å². The predicted molar refractivity (Wildman–Crippen MR) is 270 cm³/mol. The maximum absolute atomic E-state index is 14.3. The number of thiazole rings is 1. The lowest BCUT2D eigenvalue weighted by atomic mass is 9.85. The molecule has 3 amide bonds. The summed E-state index contributed by atoms with van der Waals surface area (Å²) in [6.45, 7) is 15.7. The van der Waals surface area contributed by atoms with Crippen LogP contribution >= 0.6 is 22.7 Å². The number of aliphatic carboxylic acids is 1. The van der Waals surface area contributed by atoms with Crippen LogP contribution in [0.2, 0.25) is 0 Å². The van der Waals surface area contributed by atoms with Crippen LogP contribution in [0.1, 0.15) is 103 Å². The average molecular weight is 984 g/mol. The van der Waals surface area contributed by atoms with Gasteiger partial charge >= 0.3 is 5.97 Å². The Morgan fingerprint density at radius 2 is 1.67 bits per heavy atom. The standard InChI is InChI=1S/C52H57N9O7S2/c1-27-30(4)70-51-44(27)45(55-39(23-43(64)65)48-58-57-31(5)61(48)51)33-13-15-36(16-14-33)59-20-19-35-21-38(17-18-40(35)59)68-25-42(63)56-47(52(6,7)8)50(67)60-24-37(62)22-41(60)49(66)54-28(2)32-9-11-34(12-10-32)46-29(3)53-26-69-46/h9-18,21,26,28,37,39,41,47,62H,19-20,22-25H2,1-8H3,(H,54,66)(H,56,63)(H,64,65)/t28-,37+,39-,41-,47+/m0/s1. The Kier molecular flexibility index (Phi) is 13.2. The van der Waals surface area contributed by atoms with E-state index in [4.69, 9.17) is 9.73 Å². The molecule has 1 saturated heterocycles. The van der Waals surface area contributed by atoms with E-state index in [1.807, 2.05) is 106 Å². The maximum atomic E-state index is 14.3. The van der Waals surface area contributed by atoms with E-state index < -0.39 is 47.4 Å². The van der Waals surface area contributed by atoms with Gasteiger partial charge in [-0.05, 0) is 99.0 Å². The van der Waals surface area contributed by atoms with Gasteiger partial charge in [-0.15, -0.1) is 32.9 Å². The van der Waals surface area contributed by atoms with Crippen LogP contribution in [0.5, 0.6) is 5.75 Å². The van der Waals surface area contributed by atoms with E-state index >= 15 is 0 Å². The molecule has 0 bridgehead atoms. The molecule has 6 heterocycles. The number of aliphatic imine (C=N–C) groups is 1. The second kappa shape index (κ2) is 19.2. The summed E-state index contributed by atoms with van der Waals surface area (Å²) in [4.78, 5) is 68.9. The number of nitrogens with one attached hydrogen (secondary N) is 2. The molecule has 9 rings (SSSR count). The van der Waals surface area contributed by atoms with Gasteiger partial charge in [-0.3, -0.25) is 28.7 Å². The zero-order valence-electron chi connectivity index (χ0n) is 40.4. The number of rotatable bonds is 13. The van der Waals surface area contributed by atoms with E-state index in [1.54, 1.807) is 22.7 Å². The quantitative estimate of drug-likeness (QED) is 0.0892. The highest BCUT2D eigenvalue weighted by Gasteiger charge is 2.45. The Hall–Kier alpha value is -6.76. The number of aromatic nitrogens is 4. The number of nitrogens with zero attached hydrogens (tertiary/aromatic N) is 7. The summed E-state index contributed by atoms with van der Waals surface area (Å²) in [5.41, 5.74) is 10.6. The predicted octanol–water partition coefficient (Wildman–Crippen LogP) is 7.50. The summed E-state index contributed by atoms with van der Waals surface area (Å²) in [7, 11) is 0. The van der Waals surface area contributed by atoms with Crippen LogP contribution in [0.25, 0.3) is 15.4 Å². The molecule has 4 N–H and O–H groups in total. The van der Waals surface area contributed by atoms with Gasteiger partial charge in [-0.2, -0.15) is 0 Å². The molecule has 18 heteroatoms. The number of hydrogen-bond donors (Lipinski definition) is 4. The normalized spacial score (nSPS) is 18.3. The second-order valence-electron chi connectivity index (χ2n) is 19.4. The van der Waals surface area contributed by atoms with Crippen molar-refractivity contribution in [3.63, 3.8) is 0 Å². The number of amides is 3. The van der Waals surface area contributed by atoms with Crippen LogP contribution in [0, 0.1) is 33.1 Å². The molecule has 364 valence electrons. The fraction of sp³-hybridized carbons (Fsp3) is 0.385. The van der Waals surface area contributed by atoms with E-state index in [-0.39, 0.29) is 37.9 Å². The molecule has 0 radical (unpaired) electrons. The lowest BCUT2D eigenvalue weighted by molar-refractivity contribution is -0.144. The van der Waals surface area contributed by atoms with E-state index in [0.717, 1.165) is 83.9 Å². The van der Waals surface area contributed by atoms with Crippen molar-refractivity contribution >= 4 is 63.5 Å². The number of hydrogen-bond acceptors (Lipinski definition) is 13. The lowest BCUT2D eigenvalue weighted by Crippen LogP contribution is -2.58. The Morgan fingerprint density at radius 1 is 0.943 bits per heavy atom. The Morgan fingerprint density at radius 3 is 2.36 bits per heavy atom. The van der Waals surface area contributed by atoms with Gasteiger partial charge in [0, 0.05) is 46.9 Å². The van der Waals surface area contributed by atoms with Crippen molar-refractivity contribution in [3.8, 4) is 21.2 Å². The number of aliphatic hydroxyl groups excluding tert-OH is 1. The molecule has 5 atom stereocenters. The van der Waals surface area contributed by atoms with Crippen molar-refractivity contribution in [2.24, 2.45) is 10.4 Å². The minimum absolute atomic E-state index is 0.0334. The van der Waals surface area contributed by atoms with Crippen LogP contribution in [-0.2, 0) is 25.6 Å². The number of fused-ring (bicyclic) bond motifs is 4. The molecule has 0 spiro atoms. The molecule has 0 unspecified atom stereocenters. The molecule has 1 fully saturated rings. The van der Waals surface area contributed by atoms with Crippen molar-refractivity contribution in [2.45, 2.75) is 105 Å². The number of carboxylic acids is 1. The first kappa shape index (κ1) is 48.3. The van der Waals surface area contributed by atoms with E-state index in [0.29, 0.717) is 17.4 Å². The fourth-order valence-electron chi connectivity index (χ4n) is 9.59. The summed E-state index contributed by atoms with van der Waals surface area (Å²) in [6.07, 6.45) is -0.290. The molecule has 16 nitrogen and oxygen atoms in total. The molecule has 3 aromatic carbocycles. The number of aliphatic hydroxyl groups is 1. The molecule has 3 aliphatic heterocycles. The number of ether oxygens (including phenoxy) is 1. The number of carbonyl (C=O) groups excluding carboxylic acids is 3. The lowest BCUT2D eigenvalue weighted by Gasteiger charge is -2.35. The van der Waals surface area contributed by atoms with Gasteiger partial charge in [0.15, 0.2) is 12.4 Å². The molecular weight excluding hydrogens is 927 g/mol. The highest BCUT2D eigenvalue weighted by Crippen LogP contribution is 2.41. The molecule has 70 heavy (non-hydrogen) atoms. The number of likely N-dealkylation sites (tertiary alicyclic amines) is 1. The van der Waals surface area contributed by atoms with Crippen LogP contribution in [0.4, 0.5) is 11.4 Å². The molecule has 6 aromatic rings. The minimum Gasteiger partial charge on any atom is -0.484 e. The monoisotopic (exact) mass is 983 g/mol. The molecular formula is C52H57N9O7S2. The molecule has 3 aromatic heterocycles. The summed E-state index contributed by atoms with van der Waals surface area (Å²) in [6, 6.07) is 18.8. The fourth-order valence-corrected chi connectivity index (χ4v) is 11.6. The van der Waals surface area contributed by atoms with Crippen molar-refractivity contribution in [1.29, 1.82) is 0 Å². The molecule has 3 aliphatic rings. The summed E-state index contributed by atoms with van der Waals surface area (Å²) in [5, 5.41) is 36.1. The summed E-state index contributed by atoms with van der Waals surface area (Å²) < 4.78 is 7.97. The number of benzene rings is 3. The first-order chi connectivity index (χ1) is 33.4. The zero-order valence-corrected chi connectivity index (χ0v) is 42.1. The van der Waals surface area contributed by atoms with Crippen molar-refractivity contribution < 1.29 is 34.1 Å². The average Bonchev–Trinajstić information content (AvgIpc) is 4.16. The Balaban J connectivity index is 0.840. The van der Waals surface area contributed by atoms with Gasteiger partial charge in [-0.1, -0.05) is 57.2 Å². The SMILES string of the molecule is Cc1ncsc1-c1ccc([C@H](C)NC(=O)[C@@H]2C[C@@H](O)CN2C(=O)[C@@H](NC(=O)COc2ccc3c(c2)CCN3c2ccc(C3=N[C@@H](CC(=O)O)c4nnc(C)n4-c4sc(C)c(C)c43)cc2)C(C)(C)C)cc1. The van der Waals surface area contributed by atoms with Gasteiger partial charge in [0.25, 0.3) is 5.91 Å². The van der Waals surface area contributed by atoms with Crippen LogP contribution in [0.15, 0.2) is 77.2 Å². The third-order valence-electron chi connectivity index (χ3n) is 13.4. The Bertz CT molecular complexity index is 3020. The molecule has 0 aliphatic carbocycles. The third kappa shape index (κ3) is 9.46. The van der Waals surface area contributed by atoms with Crippen molar-refractivity contribution in [1.82, 2.24) is 35.3 Å². The van der Waals surface area contributed by atoms with Gasteiger partial charge in [0.1, 0.15) is 34.7 Å². The van der Waals surface area contributed by atoms with Crippen LogP contribution in [0.3, 0.4) is 0 Å². The Labute approximate surface area is 414 Å². The number of carboxylic acid groups (broad SMARTS) is 1. The zero-order chi connectivity index (χ0) is 49.8. The first-order valence-electron chi connectivity index (χ1n) is 23.4.